The molecular formula is C29H48N3O3S+. The molecule has 1 rings (SSSR count). The van der Waals surface area contributed by atoms with Gasteiger partial charge in [-0.15, -0.1) is 0 Å². The van der Waals surface area contributed by atoms with Gasteiger partial charge in [-0.3, -0.25) is 14.4 Å². The smallest absolute Gasteiger partial charge is 0.245 e. The Bertz CT molecular complexity index is 930. The van der Waals surface area contributed by atoms with Crippen molar-refractivity contribution in [3.63, 3.8) is 0 Å². The summed E-state index contributed by atoms with van der Waals surface area (Å²) in [6.45, 7) is 15.7. The maximum absolute atomic E-state index is 13.7. The Labute approximate surface area is 222 Å². The molecule has 202 valence electrons. The number of aldehydes is 1. The van der Waals surface area contributed by atoms with Gasteiger partial charge in [0.25, 0.3) is 0 Å². The van der Waals surface area contributed by atoms with Gasteiger partial charge in [0.05, 0.1) is 12.1 Å². The summed E-state index contributed by atoms with van der Waals surface area (Å²) >= 11 is 0. The fraction of sp³-hybridized carbons (Fsp3) is 0.621. The number of rotatable bonds is 11. The van der Waals surface area contributed by atoms with Gasteiger partial charge in [-0.1, -0.05) is 66.7 Å². The summed E-state index contributed by atoms with van der Waals surface area (Å²) in [5, 5.41) is 6.27. The number of amides is 2. The van der Waals surface area contributed by atoms with Crippen molar-refractivity contribution >= 4 is 29.0 Å². The predicted octanol–water partition coefficient (Wildman–Crippen LogP) is 3.95. The van der Waals surface area contributed by atoms with Crippen LogP contribution in [-0.2, 0) is 30.7 Å². The zero-order valence-corrected chi connectivity index (χ0v) is 25.2. The average Bonchev–Trinajstić information content (AvgIpc) is 2.79. The normalized spacial score (nSPS) is 15.4. The van der Waals surface area contributed by atoms with E-state index in [1.807, 2.05) is 54.5 Å². The highest BCUT2D eigenvalue weighted by Crippen LogP contribution is 2.30. The van der Waals surface area contributed by atoms with Crippen LogP contribution in [0.15, 0.2) is 40.8 Å². The van der Waals surface area contributed by atoms with E-state index >= 15 is 0 Å². The van der Waals surface area contributed by atoms with Gasteiger partial charge >= 0.3 is 0 Å². The Morgan fingerprint density at radius 2 is 1.53 bits per heavy atom. The third-order valence-corrected chi connectivity index (χ3v) is 8.05. The molecule has 1 aromatic rings. The lowest BCUT2D eigenvalue weighted by molar-refractivity contribution is -0.140. The molecule has 0 saturated heterocycles. The van der Waals surface area contributed by atoms with E-state index in [1.54, 1.807) is 25.9 Å². The summed E-state index contributed by atoms with van der Waals surface area (Å²) in [6.07, 6.45) is 6.98. The summed E-state index contributed by atoms with van der Waals surface area (Å²) in [7, 11) is 3.68. The Kier molecular flexibility index (Phi) is 11.4. The molecule has 36 heavy (non-hydrogen) atoms. The van der Waals surface area contributed by atoms with Gasteiger partial charge in [-0.2, -0.15) is 0 Å². The minimum Gasteiger partial charge on any atom is -0.342 e. The molecule has 6 nitrogen and oxygen atoms in total. The Morgan fingerprint density at radius 3 is 1.92 bits per heavy atom. The van der Waals surface area contributed by atoms with Crippen LogP contribution in [-0.4, -0.2) is 67.7 Å². The molecule has 2 N–H and O–H groups in total. The number of benzene rings is 1. The van der Waals surface area contributed by atoms with E-state index < -0.39 is 22.9 Å². The van der Waals surface area contributed by atoms with E-state index in [1.165, 1.54) is 4.90 Å². The van der Waals surface area contributed by atoms with Crippen LogP contribution in [0.5, 0.6) is 0 Å². The largest absolute Gasteiger partial charge is 0.342 e. The first-order chi connectivity index (χ1) is 16.5. The van der Waals surface area contributed by atoms with Crippen LogP contribution in [0.1, 0.15) is 61.0 Å². The van der Waals surface area contributed by atoms with Crippen molar-refractivity contribution in [2.75, 3.05) is 26.6 Å². The average molecular weight is 519 g/mol. The standard InChI is InChI=1S/C29H47N3O3S/c1-19(2)23(17-20(3)18-33)32(10)27(35)25(28(4,5)6)31-26(34)24(30-9)29(7,8)21-13-15-22(16-14-21)36(11)12/h13-19,23-25,30H,1-12H3/p+1/b20-17+/t23-,24-,25-/m1/s1. The second kappa shape index (κ2) is 12.9. The quantitative estimate of drug-likeness (QED) is 0.264. The maximum Gasteiger partial charge on any atom is 0.245 e. The van der Waals surface area contributed by atoms with Crippen molar-refractivity contribution in [3.8, 4) is 0 Å². The molecule has 7 heteroatoms. The van der Waals surface area contributed by atoms with Crippen LogP contribution >= 0.6 is 0 Å². The number of hydrogen-bond donors (Lipinski definition) is 2. The molecule has 0 spiro atoms. The summed E-state index contributed by atoms with van der Waals surface area (Å²) < 4.78 is 0. The molecule has 3 atom stereocenters. The lowest BCUT2D eigenvalue weighted by Crippen LogP contribution is -2.61. The van der Waals surface area contributed by atoms with Gasteiger partial charge in [-0.05, 0) is 48.6 Å². The van der Waals surface area contributed by atoms with Crippen LogP contribution in [0.25, 0.3) is 0 Å². The molecule has 0 unspecified atom stereocenters. The molecule has 2 amide bonds. The van der Waals surface area contributed by atoms with E-state index in [9.17, 15) is 14.4 Å². The third-order valence-electron chi connectivity index (χ3n) is 6.84. The summed E-state index contributed by atoms with van der Waals surface area (Å²) in [4.78, 5) is 41.6. The molecule has 0 aliphatic carbocycles. The molecule has 0 radical (unpaired) electrons. The highest BCUT2D eigenvalue weighted by Gasteiger charge is 2.41. The SMILES string of the molecule is CN[C@H](C(=O)N[C@H](C(=O)N(C)[C@H](/C=C(\C)C=O)C(C)C)C(C)(C)C)C(C)(C)c1ccc([S+](C)C)cc1. The number of hydrogen-bond acceptors (Lipinski definition) is 4. The van der Waals surface area contributed by atoms with Crippen molar-refractivity contribution in [3.05, 3.63) is 41.5 Å². The molecular weight excluding hydrogens is 470 g/mol. The number of carbonyl (C=O) groups excluding carboxylic acids is 3. The van der Waals surface area contributed by atoms with Crippen LogP contribution in [0, 0.1) is 11.3 Å². The van der Waals surface area contributed by atoms with Crippen LogP contribution < -0.4 is 10.6 Å². The molecule has 0 fully saturated rings. The van der Waals surface area contributed by atoms with Crippen LogP contribution in [0.2, 0.25) is 0 Å². The Balaban J connectivity index is 3.29. The number of nitrogens with one attached hydrogen (secondary N) is 2. The Morgan fingerprint density at radius 1 is 1.00 bits per heavy atom. The topological polar surface area (TPSA) is 78.5 Å². The van der Waals surface area contributed by atoms with E-state index in [0.717, 1.165) is 11.8 Å². The third kappa shape index (κ3) is 7.94. The summed E-state index contributed by atoms with van der Waals surface area (Å²) in [6, 6.07) is 6.89. The van der Waals surface area contributed by atoms with Gasteiger partial charge < -0.3 is 15.5 Å². The fourth-order valence-electron chi connectivity index (χ4n) is 4.43. The second-order valence-corrected chi connectivity index (χ2v) is 13.9. The van der Waals surface area contributed by atoms with E-state index in [2.05, 4.69) is 47.4 Å². The van der Waals surface area contributed by atoms with Gasteiger partial charge in [0, 0.05) is 23.4 Å². The highest BCUT2D eigenvalue weighted by atomic mass is 32.2. The van der Waals surface area contributed by atoms with Gasteiger partial charge in [0.1, 0.15) is 24.8 Å². The lowest BCUT2D eigenvalue weighted by atomic mass is 9.76. The molecule has 0 aliphatic rings. The highest BCUT2D eigenvalue weighted by molar-refractivity contribution is 7.95. The first-order valence-corrected chi connectivity index (χ1v) is 14.6. The molecule has 0 heterocycles. The monoisotopic (exact) mass is 518 g/mol. The van der Waals surface area contributed by atoms with Crippen molar-refractivity contribution < 1.29 is 14.4 Å². The van der Waals surface area contributed by atoms with E-state index in [0.29, 0.717) is 5.57 Å². The molecule has 0 saturated carbocycles. The van der Waals surface area contributed by atoms with E-state index in [4.69, 9.17) is 0 Å². The van der Waals surface area contributed by atoms with Crippen molar-refractivity contribution in [1.29, 1.82) is 0 Å². The number of carbonyl (C=O) groups is 3. The van der Waals surface area contributed by atoms with Crippen molar-refractivity contribution in [2.24, 2.45) is 11.3 Å². The molecule has 1 aromatic carbocycles. The summed E-state index contributed by atoms with van der Waals surface area (Å²) in [5.41, 5.74) is 0.592. The van der Waals surface area contributed by atoms with Crippen molar-refractivity contribution in [1.82, 2.24) is 15.5 Å². The first-order valence-electron chi connectivity index (χ1n) is 12.5. The van der Waals surface area contributed by atoms with Crippen molar-refractivity contribution in [2.45, 2.75) is 83.8 Å². The summed E-state index contributed by atoms with van der Waals surface area (Å²) in [5.74, 6) is -0.303. The lowest BCUT2D eigenvalue weighted by Gasteiger charge is -2.40. The molecule has 0 aliphatic heterocycles. The first kappa shape index (κ1) is 31.9. The van der Waals surface area contributed by atoms with Crippen LogP contribution in [0.4, 0.5) is 0 Å². The minimum absolute atomic E-state index is 0.101. The zero-order valence-electron chi connectivity index (χ0n) is 24.4. The van der Waals surface area contributed by atoms with Crippen LogP contribution in [0.3, 0.4) is 0 Å². The number of nitrogens with zero attached hydrogens (tertiary/aromatic N) is 1. The predicted molar refractivity (Wildman–Crippen MR) is 152 cm³/mol. The Hall–Kier alpha value is -2.12. The van der Waals surface area contributed by atoms with Gasteiger partial charge in [0.15, 0.2) is 4.90 Å². The molecule has 0 bridgehead atoms. The minimum atomic E-state index is -0.739. The fourth-order valence-corrected chi connectivity index (χ4v) is 5.11. The zero-order chi connectivity index (χ0) is 28.0. The van der Waals surface area contributed by atoms with Gasteiger partial charge in [-0.25, -0.2) is 0 Å². The second-order valence-electron chi connectivity index (χ2n) is 11.8. The number of allylic oxidation sites excluding steroid dienone is 1. The van der Waals surface area contributed by atoms with E-state index in [-0.39, 0.29) is 34.7 Å². The number of likely N-dealkylation sites (N-methyl/N-ethyl adjacent to an activating group) is 2. The van der Waals surface area contributed by atoms with Gasteiger partial charge in [0.2, 0.25) is 11.8 Å². The molecule has 0 aromatic heterocycles. The maximum atomic E-state index is 13.7.